The monoisotopic (exact) mass is 433 g/mol. The summed E-state index contributed by atoms with van der Waals surface area (Å²) in [6, 6.07) is 4.07. The molecule has 4 nitrogen and oxygen atoms in total. The van der Waals surface area contributed by atoms with Gasteiger partial charge < -0.3 is 10.1 Å². The lowest BCUT2D eigenvalue weighted by Crippen LogP contribution is -2.00. The molecular formula is C14H17Br2N3OS. The molecule has 0 aliphatic heterocycles. The Bertz CT molecular complexity index is 593. The highest BCUT2D eigenvalue weighted by molar-refractivity contribution is 9.11. The van der Waals surface area contributed by atoms with Crippen LogP contribution >= 0.6 is 43.2 Å². The van der Waals surface area contributed by atoms with Crippen LogP contribution in [0.5, 0.6) is 5.75 Å². The maximum atomic E-state index is 5.30. The third-order valence-corrected chi connectivity index (χ3v) is 4.84. The van der Waals surface area contributed by atoms with E-state index in [0.29, 0.717) is 12.5 Å². The van der Waals surface area contributed by atoms with Gasteiger partial charge in [-0.05, 0) is 55.5 Å². The van der Waals surface area contributed by atoms with Gasteiger partial charge in [-0.25, -0.2) is 0 Å². The minimum atomic E-state index is 0.597. The summed E-state index contributed by atoms with van der Waals surface area (Å²) >= 11 is 8.63. The number of hydrogen-bond donors (Lipinski definition) is 1. The molecule has 2 rings (SSSR count). The van der Waals surface area contributed by atoms with Crippen LogP contribution < -0.4 is 10.1 Å². The van der Waals surface area contributed by atoms with E-state index in [2.05, 4.69) is 61.2 Å². The van der Waals surface area contributed by atoms with Gasteiger partial charge in [-0.2, -0.15) is 0 Å². The molecule has 0 atom stereocenters. The smallest absolute Gasteiger partial charge is 0.205 e. The third kappa shape index (κ3) is 4.66. The second-order valence-electron chi connectivity index (χ2n) is 5.05. The summed E-state index contributed by atoms with van der Waals surface area (Å²) in [5.74, 6) is 1.40. The second kappa shape index (κ2) is 7.56. The number of hydrogen-bond acceptors (Lipinski definition) is 5. The van der Waals surface area contributed by atoms with Crippen molar-refractivity contribution in [3.8, 4) is 5.75 Å². The highest BCUT2D eigenvalue weighted by Crippen LogP contribution is 2.34. The van der Waals surface area contributed by atoms with E-state index >= 15 is 0 Å². The maximum Gasteiger partial charge on any atom is 0.205 e. The molecule has 0 amide bonds. The first-order valence-electron chi connectivity index (χ1n) is 6.57. The Labute approximate surface area is 145 Å². The van der Waals surface area contributed by atoms with Crippen molar-refractivity contribution in [2.45, 2.75) is 26.8 Å². The molecule has 7 heteroatoms. The zero-order chi connectivity index (χ0) is 15.4. The van der Waals surface area contributed by atoms with Crippen LogP contribution in [-0.4, -0.2) is 17.3 Å². The first-order chi connectivity index (χ1) is 9.99. The predicted molar refractivity (Wildman–Crippen MR) is 94.2 cm³/mol. The summed E-state index contributed by atoms with van der Waals surface area (Å²) in [5.41, 5.74) is 1.13. The van der Waals surface area contributed by atoms with E-state index in [9.17, 15) is 0 Å². The lowest BCUT2D eigenvalue weighted by Gasteiger charge is -2.09. The largest absolute Gasteiger partial charge is 0.494 e. The normalized spacial score (nSPS) is 11.0. The van der Waals surface area contributed by atoms with Crippen molar-refractivity contribution >= 4 is 48.3 Å². The van der Waals surface area contributed by atoms with Gasteiger partial charge in [-0.1, -0.05) is 25.2 Å². The van der Waals surface area contributed by atoms with Gasteiger partial charge in [0.05, 0.1) is 16.1 Å². The van der Waals surface area contributed by atoms with Crippen molar-refractivity contribution in [1.29, 1.82) is 0 Å². The highest BCUT2D eigenvalue weighted by atomic mass is 79.9. The molecule has 0 saturated carbocycles. The van der Waals surface area contributed by atoms with Crippen molar-refractivity contribution < 1.29 is 4.74 Å². The van der Waals surface area contributed by atoms with Crippen molar-refractivity contribution in [2.24, 2.45) is 5.92 Å². The zero-order valence-corrected chi connectivity index (χ0v) is 16.1. The third-order valence-electron chi connectivity index (χ3n) is 2.76. The molecule has 1 aromatic heterocycles. The number of ether oxygens (including phenoxy) is 1. The van der Waals surface area contributed by atoms with Crippen LogP contribution in [0, 0.1) is 5.92 Å². The van der Waals surface area contributed by atoms with Gasteiger partial charge in [0, 0.05) is 13.0 Å². The molecule has 1 heterocycles. The Morgan fingerprint density at radius 2 is 1.90 bits per heavy atom. The number of rotatable bonds is 6. The van der Waals surface area contributed by atoms with Crippen LogP contribution in [0.4, 0.5) is 5.13 Å². The molecule has 0 unspecified atom stereocenters. The van der Waals surface area contributed by atoms with Gasteiger partial charge >= 0.3 is 0 Å². The first kappa shape index (κ1) is 16.7. The lowest BCUT2D eigenvalue weighted by atomic mass is 10.1. The summed E-state index contributed by atoms with van der Waals surface area (Å²) in [4.78, 5) is 0. The molecule has 0 spiro atoms. The predicted octanol–water partition coefficient (Wildman–Crippen LogP) is 4.88. The molecule has 0 radical (unpaired) electrons. The van der Waals surface area contributed by atoms with Crippen LogP contribution in [0.25, 0.3) is 0 Å². The molecule has 114 valence electrons. The van der Waals surface area contributed by atoms with Crippen molar-refractivity contribution in [1.82, 2.24) is 10.2 Å². The fourth-order valence-electron chi connectivity index (χ4n) is 1.84. The standard InChI is InChI=1S/C14H17Br2N3OS/c1-8(2)4-12-18-19-14(21-12)17-7-9-5-10(15)13(20-3)11(16)6-9/h5-6,8H,4,7H2,1-3H3,(H,17,19). The molecule has 0 aliphatic rings. The van der Waals surface area contributed by atoms with Crippen LogP contribution in [0.3, 0.4) is 0 Å². The number of benzene rings is 1. The molecule has 2 aromatic rings. The van der Waals surface area contributed by atoms with E-state index in [-0.39, 0.29) is 0 Å². The fourth-order valence-corrected chi connectivity index (χ4v) is 4.40. The molecule has 21 heavy (non-hydrogen) atoms. The number of anilines is 1. The van der Waals surface area contributed by atoms with E-state index in [1.54, 1.807) is 18.4 Å². The van der Waals surface area contributed by atoms with Gasteiger partial charge in [-0.15, -0.1) is 10.2 Å². The summed E-state index contributed by atoms with van der Waals surface area (Å²) in [7, 11) is 1.65. The van der Waals surface area contributed by atoms with Crippen LogP contribution in [0.1, 0.15) is 24.4 Å². The highest BCUT2D eigenvalue weighted by Gasteiger charge is 2.09. The van der Waals surface area contributed by atoms with Gasteiger partial charge in [0.2, 0.25) is 5.13 Å². The second-order valence-corrected chi connectivity index (χ2v) is 7.82. The molecule has 0 fully saturated rings. The van der Waals surface area contributed by atoms with Gasteiger partial charge in [0.25, 0.3) is 0 Å². The fraction of sp³-hybridized carbons (Fsp3) is 0.429. The SMILES string of the molecule is COc1c(Br)cc(CNc2nnc(CC(C)C)s2)cc1Br. The summed E-state index contributed by atoms with van der Waals surface area (Å²) in [5, 5.41) is 13.6. The topological polar surface area (TPSA) is 47.0 Å². The van der Waals surface area contributed by atoms with E-state index < -0.39 is 0 Å². The molecule has 0 aliphatic carbocycles. The Hall–Kier alpha value is -0.660. The first-order valence-corrected chi connectivity index (χ1v) is 8.98. The van der Waals surface area contributed by atoms with E-state index in [4.69, 9.17) is 4.74 Å². The number of aromatic nitrogens is 2. The number of nitrogens with one attached hydrogen (secondary N) is 1. The van der Waals surface area contributed by atoms with E-state index in [1.165, 1.54) is 0 Å². The Morgan fingerprint density at radius 3 is 2.48 bits per heavy atom. The average Bonchev–Trinajstić information content (AvgIpc) is 2.83. The maximum absolute atomic E-state index is 5.30. The van der Waals surface area contributed by atoms with Crippen LogP contribution in [0.15, 0.2) is 21.1 Å². The Morgan fingerprint density at radius 1 is 1.24 bits per heavy atom. The summed E-state index contributed by atoms with van der Waals surface area (Å²) in [6.07, 6.45) is 0.971. The molecule has 1 N–H and O–H groups in total. The lowest BCUT2D eigenvalue weighted by molar-refractivity contribution is 0.409. The van der Waals surface area contributed by atoms with Crippen LogP contribution in [-0.2, 0) is 13.0 Å². The number of halogens is 2. The van der Waals surface area contributed by atoms with Gasteiger partial charge in [-0.3, -0.25) is 0 Å². The van der Waals surface area contributed by atoms with E-state index in [1.807, 2.05) is 12.1 Å². The van der Waals surface area contributed by atoms with Crippen molar-refractivity contribution in [3.05, 3.63) is 31.6 Å². The Balaban J connectivity index is 2.01. The average molecular weight is 435 g/mol. The minimum Gasteiger partial charge on any atom is -0.494 e. The molecular weight excluding hydrogens is 418 g/mol. The molecule has 0 saturated heterocycles. The van der Waals surface area contributed by atoms with Crippen LogP contribution in [0.2, 0.25) is 0 Å². The number of methoxy groups -OCH3 is 1. The van der Waals surface area contributed by atoms with Gasteiger partial charge in [0.15, 0.2) is 0 Å². The zero-order valence-electron chi connectivity index (χ0n) is 12.1. The van der Waals surface area contributed by atoms with Crippen molar-refractivity contribution in [3.63, 3.8) is 0 Å². The Kier molecular flexibility index (Phi) is 6.01. The van der Waals surface area contributed by atoms with E-state index in [0.717, 1.165) is 36.8 Å². The quantitative estimate of drug-likeness (QED) is 0.703. The number of nitrogens with zero attached hydrogens (tertiary/aromatic N) is 2. The van der Waals surface area contributed by atoms with Gasteiger partial charge in [0.1, 0.15) is 10.8 Å². The summed E-state index contributed by atoms with van der Waals surface area (Å²) in [6.45, 7) is 5.05. The summed E-state index contributed by atoms with van der Waals surface area (Å²) < 4.78 is 7.15. The molecule has 1 aromatic carbocycles. The van der Waals surface area contributed by atoms with Crippen molar-refractivity contribution in [2.75, 3.05) is 12.4 Å². The minimum absolute atomic E-state index is 0.597. The molecule has 0 bridgehead atoms.